The SMILES string of the molecule is CC=C(C)C(=O)OCCOC=Cc1ccccc1. The van der Waals surface area contributed by atoms with Crippen LogP contribution in [0, 0.1) is 0 Å². The molecule has 0 atom stereocenters. The quantitative estimate of drug-likeness (QED) is 0.335. The van der Waals surface area contributed by atoms with Crippen molar-refractivity contribution in [3.05, 3.63) is 53.8 Å². The number of hydrogen-bond acceptors (Lipinski definition) is 3. The van der Waals surface area contributed by atoms with Crippen molar-refractivity contribution in [3.63, 3.8) is 0 Å². The molecule has 0 fully saturated rings. The predicted octanol–water partition coefficient (Wildman–Crippen LogP) is 3.18. The first-order valence-corrected chi connectivity index (χ1v) is 5.87. The summed E-state index contributed by atoms with van der Waals surface area (Å²) in [5.41, 5.74) is 1.68. The van der Waals surface area contributed by atoms with Gasteiger partial charge in [0.1, 0.15) is 13.2 Å². The van der Waals surface area contributed by atoms with Crippen molar-refractivity contribution in [1.82, 2.24) is 0 Å². The minimum absolute atomic E-state index is 0.253. The Labute approximate surface area is 108 Å². The second kappa shape index (κ2) is 8.12. The average Bonchev–Trinajstić information content (AvgIpc) is 2.42. The fraction of sp³-hybridized carbons (Fsp3) is 0.267. The number of rotatable bonds is 6. The molecule has 0 heterocycles. The zero-order valence-corrected chi connectivity index (χ0v) is 10.8. The Morgan fingerprint density at radius 3 is 2.61 bits per heavy atom. The molecule has 0 N–H and O–H groups in total. The van der Waals surface area contributed by atoms with E-state index in [9.17, 15) is 4.79 Å². The van der Waals surface area contributed by atoms with Crippen LogP contribution in [0.2, 0.25) is 0 Å². The number of benzene rings is 1. The van der Waals surface area contributed by atoms with Gasteiger partial charge in [0.2, 0.25) is 0 Å². The van der Waals surface area contributed by atoms with E-state index in [0.29, 0.717) is 12.2 Å². The molecule has 1 aromatic rings. The van der Waals surface area contributed by atoms with Crippen molar-refractivity contribution < 1.29 is 14.3 Å². The molecule has 18 heavy (non-hydrogen) atoms. The Morgan fingerprint density at radius 2 is 1.94 bits per heavy atom. The van der Waals surface area contributed by atoms with E-state index in [2.05, 4.69) is 0 Å². The van der Waals surface area contributed by atoms with Crippen LogP contribution < -0.4 is 0 Å². The maximum Gasteiger partial charge on any atom is 0.333 e. The number of ether oxygens (including phenoxy) is 2. The van der Waals surface area contributed by atoms with Gasteiger partial charge in [-0.3, -0.25) is 0 Å². The minimum atomic E-state index is -0.298. The maximum absolute atomic E-state index is 11.3. The third-order valence-electron chi connectivity index (χ3n) is 2.35. The second-order valence-electron chi connectivity index (χ2n) is 3.69. The lowest BCUT2D eigenvalue weighted by Gasteiger charge is -2.04. The largest absolute Gasteiger partial charge is 0.498 e. The molecule has 0 saturated carbocycles. The summed E-state index contributed by atoms with van der Waals surface area (Å²) in [6.07, 6.45) is 5.18. The highest BCUT2D eigenvalue weighted by atomic mass is 16.6. The van der Waals surface area contributed by atoms with E-state index >= 15 is 0 Å². The molecule has 0 amide bonds. The first-order valence-electron chi connectivity index (χ1n) is 5.87. The molecule has 0 unspecified atom stereocenters. The van der Waals surface area contributed by atoms with Gasteiger partial charge in [0, 0.05) is 5.57 Å². The Balaban J connectivity index is 2.16. The Hall–Kier alpha value is -2.03. The normalized spacial score (nSPS) is 11.6. The predicted molar refractivity (Wildman–Crippen MR) is 71.8 cm³/mol. The van der Waals surface area contributed by atoms with Crippen LogP contribution in [0.4, 0.5) is 0 Å². The standard InChI is InChI=1S/C15H18O3/c1-3-13(2)15(16)18-12-11-17-10-9-14-7-5-4-6-8-14/h3-10H,11-12H2,1-2H3. The third kappa shape index (κ3) is 5.34. The molecule has 0 aromatic heterocycles. The van der Waals surface area contributed by atoms with Crippen LogP contribution in [0.3, 0.4) is 0 Å². The third-order valence-corrected chi connectivity index (χ3v) is 2.35. The number of esters is 1. The highest BCUT2D eigenvalue weighted by Crippen LogP contribution is 2.01. The van der Waals surface area contributed by atoms with Gasteiger partial charge in [0.15, 0.2) is 0 Å². The molecule has 0 aliphatic rings. The summed E-state index contributed by atoms with van der Waals surface area (Å²) < 4.78 is 10.2. The van der Waals surface area contributed by atoms with Gasteiger partial charge in [-0.05, 0) is 25.5 Å². The fourth-order valence-electron chi connectivity index (χ4n) is 1.17. The van der Waals surface area contributed by atoms with Crippen LogP contribution in [0.15, 0.2) is 48.2 Å². The molecule has 96 valence electrons. The highest BCUT2D eigenvalue weighted by molar-refractivity contribution is 5.87. The molecule has 3 heteroatoms. The van der Waals surface area contributed by atoms with Crippen molar-refractivity contribution in [2.75, 3.05) is 13.2 Å². The van der Waals surface area contributed by atoms with Gasteiger partial charge in [-0.25, -0.2) is 4.79 Å². The first-order chi connectivity index (χ1) is 8.74. The van der Waals surface area contributed by atoms with E-state index in [4.69, 9.17) is 9.47 Å². The number of carbonyl (C=O) groups excluding carboxylic acids is 1. The van der Waals surface area contributed by atoms with Crippen molar-refractivity contribution in [2.24, 2.45) is 0 Å². The van der Waals surface area contributed by atoms with Crippen LogP contribution >= 0.6 is 0 Å². The monoisotopic (exact) mass is 246 g/mol. The van der Waals surface area contributed by atoms with Gasteiger partial charge in [-0.15, -0.1) is 0 Å². The Bertz CT molecular complexity index is 419. The van der Waals surface area contributed by atoms with E-state index in [0.717, 1.165) is 5.56 Å². The average molecular weight is 246 g/mol. The van der Waals surface area contributed by atoms with Gasteiger partial charge in [0.05, 0.1) is 6.26 Å². The summed E-state index contributed by atoms with van der Waals surface area (Å²) in [4.78, 5) is 11.3. The minimum Gasteiger partial charge on any atom is -0.498 e. The van der Waals surface area contributed by atoms with Gasteiger partial charge in [0.25, 0.3) is 0 Å². The summed E-state index contributed by atoms with van der Waals surface area (Å²) >= 11 is 0. The molecule has 1 aromatic carbocycles. The zero-order valence-electron chi connectivity index (χ0n) is 10.8. The Morgan fingerprint density at radius 1 is 1.22 bits per heavy atom. The first kappa shape index (κ1) is 14.0. The van der Waals surface area contributed by atoms with E-state index in [-0.39, 0.29) is 12.6 Å². The van der Waals surface area contributed by atoms with E-state index in [1.165, 1.54) is 0 Å². The van der Waals surface area contributed by atoms with Gasteiger partial charge < -0.3 is 9.47 Å². The summed E-state index contributed by atoms with van der Waals surface area (Å²) in [5.74, 6) is -0.298. The summed E-state index contributed by atoms with van der Waals surface area (Å²) in [6.45, 7) is 4.13. The Kier molecular flexibility index (Phi) is 6.33. The van der Waals surface area contributed by atoms with Crippen LogP contribution in [0.1, 0.15) is 19.4 Å². The molecule has 0 aliphatic heterocycles. The van der Waals surface area contributed by atoms with Crippen molar-refractivity contribution in [2.45, 2.75) is 13.8 Å². The fourth-order valence-corrected chi connectivity index (χ4v) is 1.17. The molecule has 0 bridgehead atoms. The molecule has 0 spiro atoms. The number of carbonyl (C=O) groups is 1. The van der Waals surface area contributed by atoms with Gasteiger partial charge in [-0.2, -0.15) is 0 Å². The topological polar surface area (TPSA) is 35.5 Å². The molecular weight excluding hydrogens is 228 g/mol. The summed E-state index contributed by atoms with van der Waals surface area (Å²) in [5, 5.41) is 0. The molecule has 1 rings (SSSR count). The van der Waals surface area contributed by atoms with Crippen LogP contribution in [0.25, 0.3) is 6.08 Å². The number of allylic oxidation sites excluding steroid dienone is 1. The van der Waals surface area contributed by atoms with Gasteiger partial charge >= 0.3 is 5.97 Å². The van der Waals surface area contributed by atoms with Gasteiger partial charge in [-0.1, -0.05) is 36.4 Å². The molecular formula is C15H18O3. The van der Waals surface area contributed by atoms with Crippen LogP contribution in [-0.4, -0.2) is 19.2 Å². The lowest BCUT2D eigenvalue weighted by Crippen LogP contribution is -2.10. The van der Waals surface area contributed by atoms with E-state index < -0.39 is 0 Å². The highest BCUT2D eigenvalue weighted by Gasteiger charge is 2.02. The summed E-state index contributed by atoms with van der Waals surface area (Å²) in [6, 6.07) is 9.84. The van der Waals surface area contributed by atoms with Crippen molar-refractivity contribution >= 4 is 12.0 Å². The molecule has 0 saturated heterocycles. The zero-order chi connectivity index (χ0) is 13.2. The molecule has 3 nitrogen and oxygen atoms in total. The number of hydrogen-bond donors (Lipinski definition) is 0. The second-order valence-corrected chi connectivity index (χ2v) is 3.69. The lowest BCUT2D eigenvalue weighted by molar-refractivity contribution is -0.139. The van der Waals surface area contributed by atoms with Crippen molar-refractivity contribution in [3.8, 4) is 0 Å². The van der Waals surface area contributed by atoms with Crippen molar-refractivity contribution in [1.29, 1.82) is 0 Å². The van der Waals surface area contributed by atoms with E-state index in [1.54, 1.807) is 26.2 Å². The van der Waals surface area contributed by atoms with Crippen LogP contribution in [-0.2, 0) is 14.3 Å². The van der Waals surface area contributed by atoms with Crippen LogP contribution in [0.5, 0.6) is 0 Å². The molecule has 0 radical (unpaired) electrons. The smallest absolute Gasteiger partial charge is 0.333 e. The lowest BCUT2D eigenvalue weighted by atomic mass is 10.2. The summed E-state index contributed by atoms with van der Waals surface area (Å²) in [7, 11) is 0. The maximum atomic E-state index is 11.3. The van der Waals surface area contributed by atoms with E-state index in [1.807, 2.05) is 36.4 Å². The molecule has 0 aliphatic carbocycles.